The maximum absolute atomic E-state index is 13.6. The molecule has 1 aromatic heterocycles. The van der Waals surface area contributed by atoms with Gasteiger partial charge in [0.25, 0.3) is 0 Å². The number of allylic oxidation sites excluding steroid dienone is 1. The Hall–Kier alpha value is -2.47. The molecule has 0 aliphatic heterocycles. The number of hydrogen-bond acceptors (Lipinski definition) is 4. The van der Waals surface area contributed by atoms with E-state index in [0.717, 1.165) is 17.7 Å². The van der Waals surface area contributed by atoms with Crippen molar-refractivity contribution in [2.45, 2.75) is 33.3 Å². The van der Waals surface area contributed by atoms with Crippen LogP contribution in [0.3, 0.4) is 0 Å². The minimum atomic E-state index is -0.805. The van der Waals surface area contributed by atoms with Crippen molar-refractivity contribution in [2.75, 3.05) is 6.54 Å². The number of rotatable bonds is 8. The van der Waals surface area contributed by atoms with Crippen LogP contribution in [-0.4, -0.2) is 27.6 Å². The fraction of sp³-hybridized carbons (Fsp3) is 0.400. The molecule has 5 nitrogen and oxygen atoms in total. The number of aryl methyl sites for hydroxylation is 1. The second kappa shape index (κ2) is 8.76. The second-order valence-electron chi connectivity index (χ2n) is 6.93. The van der Waals surface area contributed by atoms with Crippen LogP contribution in [0.1, 0.15) is 38.0 Å². The second-order valence-corrected chi connectivity index (χ2v) is 6.93. The van der Waals surface area contributed by atoms with Crippen LogP contribution in [0.4, 0.5) is 4.39 Å². The summed E-state index contributed by atoms with van der Waals surface area (Å²) in [5.74, 6) is 0.125. The highest BCUT2D eigenvalue weighted by Gasteiger charge is 2.17. The first kappa shape index (κ1) is 19.8. The molecule has 0 spiro atoms. The van der Waals surface area contributed by atoms with Crippen LogP contribution in [0.5, 0.6) is 0 Å². The third-order valence-corrected chi connectivity index (χ3v) is 4.02. The van der Waals surface area contributed by atoms with Crippen molar-refractivity contribution in [1.29, 1.82) is 5.41 Å². The lowest BCUT2D eigenvalue weighted by molar-refractivity contribution is 0.199. The molecule has 0 unspecified atom stereocenters. The van der Waals surface area contributed by atoms with Crippen molar-refractivity contribution in [1.82, 2.24) is 15.1 Å². The normalized spacial score (nSPS) is 13.1. The van der Waals surface area contributed by atoms with Gasteiger partial charge in [0.1, 0.15) is 5.82 Å². The molecule has 2 aromatic rings. The van der Waals surface area contributed by atoms with E-state index in [0.29, 0.717) is 29.2 Å². The number of hydrogen-bond donors (Lipinski definition) is 3. The van der Waals surface area contributed by atoms with Crippen LogP contribution in [0.15, 0.2) is 36.2 Å². The fourth-order valence-electron chi connectivity index (χ4n) is 2.78. The van der Waals surface area contributed by atoms with Crippen molar-refractivity contribution < 1.29 is 9.50 Å². The zero-order valence-corrected chi connectivity index (χ0v) is 15.8. The summed E-state index contributed by atoms with van der Waals surface area (Å²) in [4.78, 5) is 0. The smallest absolute Gasteiger partial charge is 0.123 e. The fourth-order valence-corrected chi connectivity index (χ4v) is 2.78. The first-order valence-corrected chi connectivity index (χ1v) is 8.75. The van der Waals surface area contributed by atoms with Crippen LogP contribution in [-0.2, 0) is 13.5 Å². The number of halogens is 1. The van der Waals surface area contributed by atoms with Gasteiger partial charge in [-0.25, -0.2) is 4.39 Å². The van der Waals surface area contributed by atoms with E-state index in [-0.39, 0.29) is 5.82 Å². The van der Waals surface area contributed by atoms with Crippen LogP contribution >= 0.6 is 0 Å². The molecule has 0 bridgehead atoms. The summed E-state index contributed by atoms with van der Waals surface area (Å²) in [5.41, 5.74) is 3.64. The highest BCUT2D eigenvalue weighted by atomic mass is 19.1. The lowest BCUT2D eigenvalue weighted by Crippen LogP contribution is -2.14. The summed E-state index contributed by atoms with van der Waals surface area (Å²) in [6.07, 6.45) is 4.79. The molecule has 1 atom stereocenters. The summed E-state index contributed by atoms with van der Waals surface area (Å²) in [7, 11) is 1.82. The lowest BCUT2D eigenvalue weighted by atomic mass is 9.96. The molecular weight excluding hydrogens is 331 g/mol. The van der Waals surface area contributed by atoms with E-state index in [1.165, 1.54) is 18.3 Å². The van der Waals surface area contributed by atoms with E-state index in [1.54, 1.807) is 17.7 Å². The Morgan fingerprint density at radius 1 is 1.38 bits per heavy atom. The predicted molar refractivity (Wildman–Crippen MR) is 103 cm³/mol. The molecule has 0 aliphatic carbocycles. The average molecular weight is 358 g/mol. The summed E-state index contributed by atoms with van der Waals surface area (Å²) in [5, 5.41) is 25.4. The largest absolute Gasteiger partial charge is 0.390 e. The van der Waals surface area contributed by atoms with E-state index < -0.39 is 6.10 Å². The van der Waals surface area contributed by atoms with Crippen LogP contribution in [0.2, 0.25) is 0 Å². The molecule has 0 saturated heterocycles. The number of nitrogens with one attached hydrogen (secondary N) is 2. The monoisotopic (exact) mass is 358 g/mol. The topological polar surface area (TPSA) is 73.9 Å². The molecule has 140 valence electrons. The molecular formula is C20H27FN4O. The molecule has 0 radical (unpaired) electrons. The zero-order chi connectivity index (χ0) is 19.3. The van der Waals surface area contributed by atoms with E-state index in [4.69, 9.17) is 5.41 Å². The molecule has 26 heavy (non-hydrogen) atoms. The summed E-state index contributed by atoms with van der Waals surface area (Å²) in [6, 6.07) is 4.36. The molecule has 0 fully saturated rings. The van der Waals surface area contributed by atoms with Crippen molar-refractivity contribution in [3.05, 3.63) is 53.1 Å². The Bertz CT molecular complexity index is 793. The van der Waals surface area contributed by atoms with E-state index in [1.807, 2.05) is 19.4 Å². The number of aromatic nitrogens is 2. The standard InChI is InChI=1S/C20H27FN4O/c1-13(2)10-23-11-15(9-22)7-16-12-25(4)24-20(16)18-6-5-17(21)8-19(18)14(3)26/h5-6,8-9,11-14,22-23,26H,7,10H2,1-4H3/b15-11-,22-9?/t14-/m1/s1. The Morgan fingerprint density at radius 3 is 2.73 bits per heavy atom. The van der Waals surface area contributed by atoms with Crippen LogP contribution in [0, 0.1) is 17.1 Å². The Balaban J connectivity index is 2.38. The quantitative estimate of drug-likeness (QED) is 0.631. The summed E-state index contributed by atoms with van der Waals surface area (Å²) < 4.78 is 15.3. The van der Waals surface area contributed by atoms with Gasteiger partial charge >= 0.3 is 0 Å². The van der Waals surface area contributed by atoms with Crippen molar-refractivity contribution in [3.8, 4) is 11.3 Å². The first-order valence-electron chi connectivity index (χ1n) is 8.75. The van der Waals surface area contributed by atoms with E-state index >= 15 is 0 Å². The predicted octanol–water partition coefficient (Wildman–Crippen LogP) is 3.60. The van der Waals surface area contributed by atoms with Gasteiger partial charge in [0.05, 0.1) is 11.8 Å². The van der Waals surface area contributed by atoms with Gasteiger partial charge in [-0.05, 0) is 42.2 Å². The molecule has 6 heteroatoms. The Morgan fingerprint density at radius 2 is 2.12 bits per heavy atom. The zero-order valence-electron chi connectivity index (χ0n) is 15.8. The van der Waals surface area contributed by atoms with Crippen molar-refractivity contribution in [2.24, 2.45) is 13.0 Å². The minimum Gasteiger partial charge on any atom is -0.390 e. The summed E-state index contributed by atoms with van der Waals surface area (Å²) >= 11 is 0. The van der Waals surface area contributed by atoms with E-state index in [9.17, 15) is 9.50 Å². The number of aliphatic hydroxyl groups is 1. The molecule has 0 aliphatic rings. The van der Waals surface area contributed by atoms with Gasteiger partial charge < -0.3 is 15.8 Å². The molecule has 2 rings (SSSR count). The highest BCUT2D eigenvalue weighted by molar-refractivity contribution is 5.78. The third-order valence-electron chi connectivity index (χ3n) is 4.02. The molecule has 1 aromatic carbocycles. The third kappa shape index (κ3) is 5.02. The number of aliphatic hydroxyl groups excluding tert-OH is 1. The Labute approximate surface area is 154 Å². The first-order chi connectivity index (χ1) is 12.3. The average Bonchev–Trinajstić information content (AvgIpc) is 2.93. The van der Waals surface area contributed by atoms with Gasteiger partial charge in [-0.3, -0.25) is 4.68 Å². The minimum absolute atomic E-state index is 0.389. The van der Waals surface area contributed by atoms with Crippen LogP contribution < -0.4 is 5.32 Å². The summed E-state index contributed by atoms with van der Waals surface area (Å²) in [6.45, 7) is 6.69. The lowest BCUT2D eigenvalue weighted by Gasteiger charge is -2.12. The van der Waals surface area contributed by atoms with Gasteiger partial charge in [0.15, 0.2) is 0 Å². The van der Waals surface area contributed by atoms with Gasteiger partial charge in [0, 0.05) is 49.8 Å². The van der Waals surface area contributed by atoms with Gasteiger partial charge in [0.2, 0.25) is 0 Å². The van der Waals surface area contributed by atoms with Crippen molar-refractivity contribution >= 4 is 6.21 Å². The van der Waals surface area contributed by atoms with Crippen LogP contribution in [0.25, 0.3) is 11.3 Å². The molecule has 0 amide bonds. The van der Waals surface area contributed by atoms with E-state index in [2.05, 4.69) is 24.3 Å². The van der Waals surface area contributed by atoms with Gasteiger partial charge in [-0.15, -0.1) is 0 Å². The maximum Gasteiger partial charge on any atom is 0.123 e. The SMILES string of the molecule is CC(C)CN/C=C(\C=N)Cc1cn(C)nc1-c1ccc(F)cc1[C@@H](C)O. The number of nitrogens with zero attached hydrogens (tertiary/aromatic N) is 2. The molecule has 1 heterocycles. The maximum atomic E-state index is 13.6. The molecule has 3 N–H and O–H groups in total. The van der Waals surface area contributed by atoms with Crippen molar-refractivity contribution in [3.63, 3.8) is 0 Å². The Kier molecular flexibility index (Phi) is 6.69. The van der Waals surface area contributed by atoms with Gasteiger partial charge in [-0.2, -0.15) is 5.10 Å². The molecule has 0 saturated carbocycles. The van der Waals surface area contributed by atoms with Gasteiger partial charge in [-0.1, -0.05) is 13.8 Å². The highest BCUT2D eigenvalue weighted by Crippen LogP contribution is 2.31. The number of benzene rings is 1.